The van der Waals surface area contributed by atoms with Crippen molar-refractivity contribution in [1.29, 1.82) is 0 Å². The van der Waals surface area contributed by atoms with Crippen LogP contribution >= 0.6 is 23.2 Å². The van der Waals surface area contributed by atoms with Crippen molar-refractivity contribution in [3.8, 4) is 0 Å². The Morgan fingerprint density at radius 2 is 1.70 bits per heavy atom. The molecule has 0 bridgehead atoms. The maximum absolute atomic E-state index is 13.1. The summed E-state index contributed by atoms with van der Waals surface area (Å²) in [6, 6.07) is 14.0. The van der Waals surface area contributed by atoms with Gasteiger partial charge in [0.15, 0.2) is 0 Å². The van der Waals surface area contributed by atoms with Crippen molar-refractivity contribution in [3.05, 3.63) is 69.7 Å². The monoisotopic (exact) mass is 406 g/mol. The highest BCUT2D eigenvalue weighted by Crippen LogP contribution is 2.21. The van der Waals surface area contributed by atoms with Gasteiger partial charge in [-0.25, -0.2) is 0 Å². The highest BCUT2D eigenvalue weighted by molar-refractivity contribution is 6.31. The van der Waals surface area contributed by atoms with Gasteiger partial charge in [0.1, 0.15) is 6.04 Å². The van der Waals surface area contributed by atoms with Gasteiger partial charge in [-0.3, -0.25) is 9.59 Å². The van der Waals surface area contributed by atoms with Crippen molar-refractivity contribution >= 4 is 35.0 Å². The van der Waals surface area contributed by atoms with E-state index in [1.165, 1.54) is 0 Å². The van der Waals surface area contributed by atoms with Crippen LogP contribution in [-0.2, 0) is 22.6 Å². The molecule has 0 saturated carbocycles. The number of amides is 2. The van der Waals surface area contributed by atoms with Crippen molar-refractivity contribution < 1.29 is 9.59 Å². The third-order valence-corrected chi connectivity index (χ3v) is 4.92. The van der Waals surface area contributed by atoms with E-state index >= 15 is 0 Å². The quantitative estimate of drug-likeness (QED) is 0.702. The minimum absolute atomic E-state index is 0.129. The van der Waals surface area contributed by atoms with Gasteiger partial charge in [-0.15, -0.1) is 0 Å². The molecule has 2 aromatic rings. The van der Waals surface area contributed by atoms with E-state index in [4.69, 9.17) is 23.2 Å². The molecule has 0 spiro atoms. The number of likely N-dealkylation sites (N-methyl/N-ethyl adjacent to an activating group) is 1. The maximum Gasteiger partial charge on any atom is 0.242 e. The van der Waals surface area contributed by atoms with Gasteiger partial charge in [-0.2, -0.15) is 0 Å². The summed E-state index contributed by atoms with van der Waals surface area (Å²) in [5.74, 6) is -0.285. The lowest BCUT2D eigenvalue weighted by atomic mass is 10.1. The minimum Gasteiger partial charge on any atom is -0.355 e. The fourth-order valence-corrected chi connectivity index (χ4v) is 3.22. The van der Waals surface area contributed by atoms with Crippen LogP contribution in [0.1, 0.15) is 31.4 Å². The molecule has 1 N–H and O–H groups in total. The Bertz CT molecular complexity index is 778. The molecule has 6 heteroatoms. The molecule has 0 aliphatic carbocycles. The van der Waals surface area contributed by atoms with E-state index in [1.54, 1.807) is 23.1 Å². The molecule has 0 aliphatic heterocycles. The number of carbonyl (C=O) groups excluding carboxylic acids is 2. The van der Waals surface area contributed by atoms with Crippen LogP contribution in [0.3, 0.4) is 0 Å². The van der Waals surface area contributed by atoms with E-state index in [-0.39, 0.29) is 24.8 Å². The van der Waals surface area contributed by atoms with E-state index in [1.807, 2.05) is 44.2 Å². The molecule has 2 aromatic carbocycles. The normalized spacial score (nSPS) is 11.7. The Morgan fingerprint density at radius 1 is 1.04 bits per heavy atom. The average molecular weight is 407 g/mol. The van der Waals surface area contributed by atoms with E-state index in [0.717, 1.165) is 11.1 Å². The molecule has 0 saturated heterocycles. The van der Waals surface area contributed by atoms with Gasteiger partial charge in [0, 0.05) is 23.1 Å². The van der Waals surface area contributed by atoms with Crippen molar-refractivity contribution in [2.75, 3.05) is 6.54 Å². The molecule has 2 rings (SSSR count). The van der Waals surface area contributed by atoms with Crippen LogP contribution < -0.4 is 5.32 Å². The largest absolute Gasteiger partial charge is 0.355 e. The number of nitrogens with one attached hydrogen (secondary N) is 1. The Labute approximate surface area is 170 Å². The average Bonchev–Trinajstić information content (AvgIpc) is 2.65. The van der Waals surface area contributed by atoms with E-state index in [9.17, 15) is 9.59 Å². The number of nitrogens with zero attached hydrogens (tertiary/aromatic N) is 1. The molecule has 0 radical (unpaired) electrons. The lowest BCUT2D eigenvalue weighted by Gasteiger charge is -2.31. The maximum atomic E-state index is 13.1. The van der Waals surface area contributed by atoms with Crippen LogP contribution in [0, 0.1) is 0 Å². The summed E-state index contributed by atoms with van der Waals surface area (Å²) in [4.78, 5) is 27.2. The summed E-state index contributed by atoms with van der Waals surface area (Å²) in [6.07, 6.45) is 0.709. The number of rotatable bonds is 8. The molecular weight excluding hydrogens is 383 g/mol. The summed E-state index contributed by atoms with van der Waals surface area (Å²) in [5.41, 5.74) is 1.66. The second-order valence-electron chi connectivity index (χ2n) is 6.23. The summed E-state index contributed by atoms with van der Waals surface area (Å²) in [7, 11) is 0. The third-order valence-electron chi connectivity index (χ3n) is 4.30. The van der Waals surface area contributed by atoms with Crippen LogP contribution in [0.15, 0.2) is 48.5 Å². The van der Waals surface area contributed by atoms with Crippen LogP contribution in [0.5, 0.6) is 0 Å². The summed E-state index contributed by atoms with van der Waals surface area (Å²) >= 11 is 12.2. The first kappa shape index (κ1) is 21.3. The lowest BCUT2D eigenvalue weighted by Crippen LogP contribution is -2.49. The predicted molar refractivity (Wildman–Crippen MR) is 110 cm³/mol. The van der Waals surface area contributed by atoms with Gasteiger partial charge < -0.3 is 10.2 Å². The summed E-state index contributed by atoms with van der Waals surface area (Å²) in [5, 5.41) is 4.02. The van der Waals surface area contributed by atoms with Crippen molar-refractivity contribution in [1.82, 2.24) is 10.2 Å². The molecule has 4 nitrogen and oxygen atoms in total. The highest BCUT2D eigenvalue weighted by Gasteiger charge is 2.28. The van der Waals surface area contributed by atoms with Crippen LogP contribution in [0.25, 0.3) is 0 Å². The Balaban J connectivity index is 2.29. The highest BCUT2D eigenvalue weighted by atomic mass is 35.5. The van der Waals surface area contributed by atoms with E-state index < -0.39 is 6.04 Å². The zero-order valence-corrected chi connectivity index (χ0v) is 17.1. The number of benzene rings is 2. The number of carbonyl (C=O) groups is 2. The first-order valence-electron chi connectivity index (χ1n) is 9.01. The van der Waals surface area contributed by atoms with Gasteiger partial charge in [0.05, 0.1) is 6.42 Å². The van der Waals surface area contributed by atoms with E-state index in [2.05, 4.69) is 5.32 Å². The topological polar surface area (TPSA) is 49.4 Å². The molecule has 0 aliphatic rings. The fraction of sp³-hybridized carbons (Fsp3) is 0.333. The molecule has 1 atom stereocenters. The Hall–Kier alpha value is -2.04. The molecule has 0 fully saturated rings. The third kappa shape index (κ3) is 5.98. The van der Waals surface area contributed by atoms with Crippen molar-refractivity contribution in [3.63, 3.8) is 0 Å². The summed E-state index contributed by atoms with van der Waals surface area (Å²) in [6.45, 7) is 4.55. The lowest BCUT2D eigenvalue weighted by molar-refractivity contribution is -0.140. The summed E-state index contributed by atoms with van der Waals surface area (Å²) < 4.78 is 0. The second kappa shape index (κ2) is 10.3. The van der Waals surface area contributed by atoms with Gasteiger partial charge in [0.2, 0.25) is 11.8 Å². The van der Waals surface area contributed by atoms with Crippen LogP contribution in [-0.4, -0.2) is 29.3 Å². The standard InChI is InChI=1S/C21H24Cl2N2O2/c1-3-19(21(27)24-4-2)25(14-16-7-5-6-8-18(16)23)20(26)13-15-9-11-17(22)12-10-15/h5-12,19H,3-4,13-14H2,1-2H3,(H,24,27)/t19-/m1/s1. The number of hydrogen-bond acceptors (Lipinski definition) is 2. The Kier molecular flexibility index (Phi) is 8.14. The van der Waals surface area contributed by atoms with Crippen LogP contribution in [0.2, 0.25) is 10.0 Å². The zero-order chi connectivity index (χ0) is 19.8. The van der Waals surface area contributed by atoms with Gasteiger partial charge in [-0.05, 0) is 42.7 Å². The van der Waals surface area contributed by atoms with Crippen molar-refractivity contribution in [2.45, 2.75) is 39.3 Å². The fourth-order valence-electron chi connectivity index (χ4n) is 2.90. The molecule has 0 unspecified atom stereocenters. The van der Waals surface area contributed by atoms with Gasteiger partial charge >= 0.3 is 0 Å². The van der Waals surface area contributed by atoms with Crippen LogP contribution in [0.4, 0.5) is 0 Å². The molecule has 0 aromatic heterocycles. The smallest absolute Gasteiger partial charge is 0.242 e. The molecule has 144 valence electrons. The second-order valence-corrected chi connectivity index (χ2v) is 7.08. The predicted octanol–water partition coefficient (Wildman–Crippen LogP) is 4.48. The van der Waals surface area contributed by atoms with E-state index in [0.29, 0.717) is 23.0 Å². The minimum atomic E-state index is -0.555. The van der Waals surface area contributed by atoms with Gasteiger partial charge in [-0.1, -0.05) is 60.5 Å². The number of halogens is 2. The molecule has 27 heavy (non-hydrogen) atoms. The Morgan fingerprint density at radius 3 is 2.30 bits per heavy atom. The molecule has 2 amide bonds. The van der Waals surface area contributed by atoms with Gasteiger partial charge in [0.25, 0.3) is 0 Å². The number of hydrogen-bond donors (Lipinski definition) is 1. The molecular formula is C21H24Cl2N2O2. The zero-order valence-electron chi connectivity index (χ0n) is 15.5. The molecule has 0 heterocycles. The van der Waals surface area contributed by atoms with Crippen molar-refractivity contribution in [2.24, 2.45) is 0 Å². The first-order valence-corrected chi connectivity index (χ1v) is 9.76. The SMILES string of the molecule is CCNC(=O)[C@@H](CC)N(Cc1ccccc1Cl)C(=O)Cc1ccc(Cl)cc1. The first-order chi connectivity index (χ1) is 13.0.